The summed E-state index contributed by atoms with van der Waals surface area (Å²) in [5, 5.41) is 10.6. The van der Waals surface area contributed by atoms with Crippen LogP contribution in [0.2, 0.25) is 0 Å². The van der Waals surface area contributed by atoms with Crippen molar-refractivity contribution >= 4 is 39.5 Å². The molecule has 0 radical (unpaired) electrons. The van der Waals surface area contributed by atoms with Crippen LogP contribution in [0.1, 0.15) is 337 Å². The Bertz CT molecular complexity index is 1720. The monoisotopic (exact) mass is 1280 g/mol. The van der Waals surface area contributed by atoms with E-state index in [9.17, 15) is 43.2 Å². The molecule has 0 rings (SSSR count). The molecule has 6 atom stereocenters. The molecule has 0 spiro atoms. The predicted molar refractivity (Wildman–Crippen MR) is 349 cm³/mol. The summed E-state index contributed by atoms with van der Waals surface area (Å²) >= 11 is 0. The number of unbranched alkanes of at least 4 members (excludes halogenated alkanes) is 33. The number of ether oxygens (including phenoxy) is 4. The number of esters is 4. The van der Waals surface area contributed by atoms with Crippen LogP contribution in [0.25, 0.3) is 0 Å². The Kier molecular flexibility index (Phi) is 57.8. The number of phosphoric acid groups is 2. The van der Waals surface area contributed by atoms with E-state index < -0.39 is 97.5 Å². The van der Waals surface area contributed by atoms with Crippen LogP contribution >= 0.6 is 15.6 Å². The summed E-state index contributed by atoms with van der Waals surface area (Å²) in [4.78, 5) is 72.4. The van der Waals surface area contributed by atoms with Gasteiger partial charge in [0.1, 0.15) is 19.3 Å². The summed E-state index contributed by atoms with van der Waals surface area (Å²) in [5.41, 5.74) is 0. The Morgan fingerprint density at radius 1 is 0.333 bits per heavy atom. The van der Waals surface area contributed by atoms with Crippen molar-refractivity contribution in [1.82, 2.24) is 0 Å². The molecule has 0 aromatic heterocycles. The molecule has 87 heavy (non-hydrogen) atoms. The fourth-order valence-corrected chi connectivity index (χ4v) is 11.7. The number of hydrogen-bond donors (Lipinski definition) is 3. The van der Waals surface area contributed by atoms with Crippen LogP contribution in [0.5, 0.6) is 0 Å². The van der Waals surface area contributed by atoms with E-state index in [1.54, 1.807) is 0 Å². The number of phosphoric ester groups is 2. The van der Waals surface area contributed by atoms with Gasteiger partial charge in [-0.2, -0.15) is 0 Å². The zero-order valence-electron chi connectivity index (χ0n) is 56.5. The Morgan fingerprint density at radius 2 is 0.586 bits per heavy atom. The molecule has 0 aromatic carbocycles. The van der Waals surface area contributed by atoms with Crippen molar-refractivity contribution in [3.8, 4) is 0 Å². The lowest BCUT2D eigenvalue weighted by atomic mass is 9.99. The second kappa shape index (κ2) is 59.1. The normalized spacial score (nSPS) is 14.6. The Balaban J connectivity index is 5.25. The van der Waals surface area contributed by atoms with Gasteiger partial charge in [0.2, 0.25) is 0 Å². The van der Waals surface area contributed by atoms with Gasteiger partial charge in [-0.1, -0.05) is 286 Å². The Hall–Kier alpha value is -1.94. The first-order valence-corrected chi connectivity index (χ1v) is 38.4. The minimum atomic E-state index is -4.95. The fraction of sp³-hybridized carbons (Fsp3) is 0.941. The molecule has 0 amide bonds. The van der Waals surface area contributed by atoms with Crippen LogP contribution in [0.3, 0.4) is 0 Å². The first-order chi connectivity index (χ1) is 41.8. The van der Waals surface area contributed by atoms with E-state index in [1.165, 1.54) is 141 Å². The topological polar surface area (TPSA) is 237 Å². The molecule has 19 heteroatoms. The standard InChI is InChI=1S/C68H132O17P2/c1-8-10-11-12-13-14-15-23-28-37-44-51-67(72)85-64(56-79-66(71)50-43-36-31-30-33-40-47-60(5)6)58-83-87(76,77)81-54-62(69)53-80-86(74,75)82-57-63(55-78-65(70)49-42-35-27-22-18-16-20-25-32-39-46-59(3)4)84-68(73)52-45-38-29-24-19-17-21-26-34-41-48-61(7)9-2/h59-64,69H,8-58H2,1-7H3,(H,74,75)(H,76,77)/t61?,62-,63-,64-/m1/s1. The summed E-state index contributed by atoms with van der Waals surface area (Å²) in [7, 11) is -9.90. The summed E-state index contributed by atoms with van der Waals surface area (Å²) in [6.07, 6.45) is 41.7. The van der Waals surface area contributed by atoms with E-state index in [4.69, 9.17) is 37.0 Å². The smallest absolute Gasteiger partial charge is 0.462 e. The molecular weight excluding hydrogens is 1150 g/mol. The molecular formula is C68H132O17P2. The predicted octanol–water partition coefficient (Wildman–Crippen LogP) is 19.1. The lowest BCUT2D eigenvalue weighted by molar-refractivity contribution is -0.161. The van der Waals surface area contributed by atoms with Crippen molar-refractivity contribution in [2.75, 3.05) is 39.6 Å². The van der Waals surface area contributed by atoms with Crippen molar-refractivity contribution < 1.29 is 80.2 Å². The minimum absolute atomic E-state index is 0.105. The molecule has 516 valence electrons. The molecule has 3 unspecified atom stereocenters. The van der Waals surface area contributed by atoms with Crippen molar-refractivity contribution in [2.24, 2.45) is 17.8 Å². The van der Waals surface area contributed by atoms with Gasteiger partial charge in [0.15, 0.2) is 12.2 Å². The molecule has 0 saturated heterocycles. The maximum Gasteiger partial charge on any atom is 0.472 e. The van der Waals surface area contributed by atoms with Crippen LogP contribution in [-0.2, 0) is 65.4 Å². The van der Waals surface area contributed by atoms with Crippen molar-refractivity contribution in [2.45, 2.75) is 356 Å². The van der Waals surface area contributed by atoms with E-state index in [-0.39, 0.29) is 25.7 Å². The number of carbonyl (C=O) groups excluding carboxylic acids is 4. The molecule has 0 aliphatic carbocycles. The van der Waals surface area contributed by atoms with Crippen LogP contribution in [-0.4, -0.2) is 96.7 Å². The van der Waals surface area contributed by atoms with Gasteiger partial charge in [-0.15, -0.1) is 0 Å². The number of aliphatic hydroxyl groups is 1. The highest BCUT2D eigenvalue weighted by atomic mass is 31.2. The van der Waals surface area contributed by atoms with E-state index in [2.05, 4.69) is 48.5 Å². The summed E-state index contributed by atoms with van der Waals surface area (Å²) in [6.45, 7) is 11.8. The third kappa shape index (κ3) is 61.3. The van der Waals surface area contributed by atoms with E-state index in [1.807, 2.05) is 0 Å². The first-order valence-electron chi connectivity index (χ1n) is 35.4. The molecule has 0 bridgehead atoms. The SMILES string of the molecule is CCCCCCCCCCCCCC(=O)O[C@H](COC(=O)CCCCCCCCC(C)C)COP(=O)(O)OC[C@H](O)COP(=O)(O)OC[C@@H](COC(=O)CCCCCCCCCCCCC(C)C)OC(=O)CCCCCCCCCCCCC(C)CC. The van der Waals surface area contributed by atoms with E-state index in [0.29, 0.717) is 31.6 Å². The third-order valence-electron chi connectivity index (χ3n) is 16.0. The lowest BCUT2D eigenvalue weighted by Gasteiger charge is -2.21. The summed E-state index contributed by atoms with van der Waals surface area (Å²) in [6, 6.07) is 0. The van der Waals surface area contributed by atoms with Gasteiger partial charge in [-0.3, -0.25) is 37.3 Å². The van der Waals surface area contributed by atoms with Crippen molar-refractivity contribution in [3.05, 3.63) is 0 Å². The molecule has 17 nitrogen and oxygen atoms in total. The van der Waals surface area contributed by atoms with Crippen LogP contribution in [0.4, 0.5) is 0 Å². The zero-order chi connectivity index (χ0) is 64.5. The highest BCUT2D eigenvalue weighted by molar-refractivity contribution is 7.47. The second-order valence-corrected chi connectivity index (χ2v) is 28.7. The maximum atomic E-state index is 13.0. The lowest BCUT2D eigenvalue weighted by Crippen LogP contribution is -2.30. The Morgan fingerprint density at radius 3 is 0.874 bits per heavy atom. The molecule has 0 saturated carbocycles. The number of rotatable bonds is 66. The third-order valence-corrected chi connectivity index (χ3v) is 17.9. The van der Waals surface area contributed by atoms with Gasteiger partial charge in [-0.05, 0) is 43.4 Å². The van der Waals surface area contributed by atoms with Crippen LogP contribution in [0, 0.1) is 17.8 Å². The second-order valence-electron chi connectivity index (χ2n) is 25.8. The quantitative estimate of drug-likeness (QED) is 0.0222. The number of aliphatic hydroxyl groups excluding tert-OH is 1. The maximum absolute atomic E-state index is 13.0. The number of hydrogen-bond acceptors (Lipinski definition) is 15. The summed E-state index contributed by atoms with van der Waals surface area (Å²) in [5.74, 6) is 0.111. The highest BCUT2D eigenvalue weighted by Gasteiger charge is 2.30. The van der Waals surface area contributed by atoms with Gasteiger partial charge in [0, 0.05) is 25.7 Å². The Labute approximate surface area is 530 Å². The van der Waals surface area contributed by atoms with Crippen LogP contribution < -0.4 is 0 Å². The molecule has 3 N–H and O–H groups in total. The summed E-state index contributed by atoms with van der Waals surface area (Å²) < 4.78 is 68.2. The zero-order valence-corrected chi connectivity index (χ0v) is 58.3. The fourth-order valence-electron chi connectivity index (χ4n) is 10.2. The molecule has 0 heterocycles. The number of carbonyl (C=O) groups is 4. The van der Waals surface area contributed by atoms with Gasteiger partial charge in [-0.25, -0.2) is 9.13 Å². The molecule has 0 fully saturated rings. The van der Waals surface area contributed by atoms with Gasteiger partial charge in [0.05, 0.1) is 26.4 Å². The molecule has 0 aliphatic heterocycles. The highest BCUT2D eigenvalue weighted by Crippen LogP contribution is 2.45. The first kappa shape index (κ1) is 85.1. The average Bonchev–Trinajstić information content (AvgIpc) is 3.61. The van der Waals surface area contributed by atoms with Crippen molar-refractivity contribution in [1.29, 1.82) is 0 Å². The molecule has 0 aromatic rings. The minimum Gasteiger partial charge on any atom is -0.462 e. The largest absolute Gasteiger partial charge is 0.472 e. The van der Waals surface area contributed by atoms with Gasteiger partial charge < -0.3 is 33.8 Å². The van der Waals surface area contributed by atoms with E-state index >= 15 is 0 Å². The van der Waals surface area contributed by atoms with Gasteiger partial charge >= 0.3 is 39.5 Å². The average molecular weight is 1280 g/mol. The van der Waals surface area contributed by atoms with E-state index in [0.717, 1.165) is 108 Å². The molecule has 0 aliphatic rings. The van der Waals surface area contributed by atoms with Gasteiger partial charge in [0.25, 0.3) is 0 Å². The van der Waals surface area contributed by atoms with Crippen LogP contribution in [0.15, 0.2) is 0 Å². The van der Waals surface area contributed by atoms with Crippen molar-refractivity contribution in [3.63, 3.8) is 0 Å².